The molecule has 0 saturated carbocycles. The Balaban J connectivity index is 4.57. The third-order valence-corrected chi connectivity index (χ3v) is 5.60. The van der Waals surface area contributed by atoms with Crippen LogP contribution in [0.25, 0.3) is 0 Å². The highest BCUT2D eigenvalue weighted by molar-refractivity contribution is 7.75. The molecule has 0 aromatic rings. The van der Waals surface area contributed by atoms with Gasteiger partial charge in [-0.05, 0) is 0 Å². The highest BCUT2D eigenvalue weighted by Gasteiger charge is 2.22. The van der Waals surface area contributed by atoms with Crippen LogP contribution in [0.3, 0.4) is 0 Å². The zero-order valence-corrected chi connectivity index (χ0v) is 9.71. The summed E-state index contributed by atoms with van der Waals surface area (Å²) in [5.41, 5.74) is 0. The van der Waals surface area contributed by atoms with Crippen molar-refractivity contribution in [3.05, 3.63) is 5.90 Å². The first-order chi connectivity index (χ1) is 5.95. The Bertz CT molecular complexity index is 199. The quantitative estimate of drug-likeness (QED) is 0.514. The lowest BCUT2D eigenvalue weighted by Crippen LogP contribution is -1.94. The van der Waals surface area contributed by atoms with Crippen molar-refractivity contribution in [3.8, 4) is 0 Å². The largest absolute Gasteiger partial charge is 0.334 e. The van der Waals surface area contributed by atoms with Crippen molar-refractivity contribution in [2.24, 2.45) is 0 Å². The Hall–Kier alpha value is 0.300. The summed E-state index contributed by atoms with van der Waals surface area (Å²) in [5, 5.41) is 0. The summed E-state index contributed by atoms with van der Waals surface area (Å²) in [6.07, 6.45) is 0. The van der Waals surface area contributed by atoms with Gasteiger partial charge in [0.15, 0.2) is 15.2 Å². The summed E-state index contributed by atoms with van der Waals surface area (Å²) >= 11 is 0. The van der Waals surface area contributed by atoms with Gasteiger partial charge in [-0.1, -0.05) is 5.90 Å². The van der Waals surface area contributed by atoms with Gasteiger partial charge in [0.2, 0.25) is 0 Å². The molecule has 0 fully saturated rings. The molecule has 6 nitrogen and oxygen atoms in total. The van der Waals surface area contributed by atoms with Gasteiger partial charge in [0.25, 0.3) is 0 Å². The second-order valence-electron chi connectivity index (χ2n) is 1.93. The van der Waals surface area contributed by atoms with Gasteiger partial charge >= 0.3 is 0 Å². The first-order valence-electron chi connectivity index (χ1n) is 3.24. The van der Waals surface area contributed by atoms with Crippen molar-refractivity contribution in [2.75, 3.05) is 28.4 Å². The van der Waals surface area contributed by atoms with E-state index >= 15 is 0 Å². The molecule has 0 saturated heterocycles. The van der Waals surface area contributed by atoms with Crippen molar-refractivity contribution < 1.29 is 27.2 Å². The van der Waals surface area contributed by atoms with Crippen LogP contribution in [0, 0.1) is 5.90 Å². The molecular weight excluding hydrogens is 218 g/mol. The molecule has 0 rings (SSSR count). The maximum absolute atomic E-state index is 11.5. The smallest absolute Gasteiger partial charge is 0.198 e. The van der Waals surface area contributed by atoms with Gasteiger partial charge < -0.3 is 18.1 Å². The maximum Gasteiger partial charge on any atom is 0.198 e. The van der Waals surface area contributed by atoms with E-state index in [1.54, 1.807) is 0 Å². The van der Waals surface area contributed by atoms with Crippen molar-refractivity contribution >= 4 is 15.2 Å². The van der Waals surface area contributed by atoms with Crippen LogP contribution < -0.4 is 0 Å². The molecule has 0 radical (unpaired) electrons. The molecule has 0 spiro atoms. The minimum atomic E-state index is -3.47. The molecule has 0 aliphatic rings. The number of hydrogen-bond acceptors (Lipinski definition) is 6. The molecular formula is C5H13O6P2-. The topological polar surface area (TPSA) is 71.1 Å². The number of rotatable bonds is 6. The van der Waals surface area contributed by atoms with Gasteiger partial charge in [-0.3, -0.25) is 9.13 Å². The Labute approximate surface area is 77.6 Å². The zero-order valence-electron chi connectivity index (χ0n) is 7.92. The van der Waals surface area contributed by atoms with E-state index in [1.165, 1.54) is 28.4 Å². The summed E-state index contributed by atoms with van der Waals surface area (Å²) in [6.45, 7) is 0. The lowest BCUT2D eigenvalue weighted by atomic mass is 11.8. The zero-order chi connectivity index (χ0) is 10.5. The molecule has 0 aromatic heterocycles. The second kappa shape index (κ2) is 5.25. The fourth-order valence-electron chi connectivity index (χ4n) is 0.511. The van der Waals surface area contributed by atoms with E-state index in [2.05, 4.69) is 18.1 Å². The van der Waals surface area contributed by atoms with E-state index in [0.717, 1.165) is 5.90 Å². The van der Waals surface area contributed by atoms with Crippen LogP contribution in [0.2, 0.25) is 0 Å². The lowest BCUT2D eigenvalue weighted by molar-refractivity contribution is 0.268. The van der Waals surface area contributed by atoms with Crippen molar-refractivity contribution in [1.82, 2.24) is 0 Å². The molecule has 0 aliphatic carbocycles. The monoisotopic (exact) mass is 231 g/mol. The van der Waals surface area contributed by atoms with Gasteiger partial charge in [-0.15, -0.1) is 0 Å². The van der Waals surface area contributed by atoms with Crippen molar-refractivity contribution in [1.29, 1.82) is 0 Å². The molecule has 0 aliphatic heterocycles. The first-order valence-corrected chi connectivity index (χ1v) is 6.47. The van der Waals surface area contributed by atoms with Crippen LogP contribution in [0.15, 0.2) is 0 Å². The predicted octanol–water partition coefficient (Wildman–Crippen LogP) is 2.08. The summed E-state index contributed by atoms with van der Waals surface area (Å²) in [6, 6.07) is 0. The molecule has 0 amide bonds. The molecule has 13 heavy (non-hydrogen) atoms. The van der Waals surface area contributed by atoms with Gasteiger partial charge in [-0.25, -0.2) is 0 Å². The molecule has 80 valence electrons. The standard InChI is InChI=1S/C5H13O6P2/c1-8-12(6,9-2)5-13(7,10-3)11-4/h5H,1-4H3/q-1. The van der Waals surface area contributed by atoms with E-state index in [9.17, 15) is 9.13 Å². The van der Waals surface area contributed by atoms with Crippen LogP contribution in [0.5, 0.6) is 0 Å². The van der Waals surface area contributed by atoms with Gasteiger partial charge in [0, 0.05) is 28.4 Å². The van der Waals surface area contributed by atoms with Gasteiger partial charge in [0.1, 0.15) is 0 Å². The van der Waals surface area contributed by atoms with Gasteiger partial charge in [-0.2, -0.15) is 0 Å². The SMILES string of the molecule is COP(=O)([CH-]P(=O)(OC)OC)OC. The summed E-state index contributed by atoms with van der Waals surface area (Å²) in [5.74, 6) is 0.819. The van der Waals surface area contributed by atoms with E-state index in [-0.39, 0.29) is 0 Å². The van der Waals surface area contributed by atoms with E-state index in [1.807, 2.05) is 0 Å². The minimum Gasteiger partial charge on any atom is -0.334 e. The molecule has 0 atom stereocenters. The third-order valence-electron chi connectivity index (χ3n) is 1.30. The van der Waals surface area contributed by atoms with Crippen molar-refractivity contribution in [3.63, 3.8) is 0 Å². The first kappa shape index (κ1) is 13.3. The average Bonchev–Trinajstić information content (AvgIpc) is 2.17. The molecule has 0 aromatic carbocycles. The van der Waals surface area contributed by atoms with Crippen molar-refractivity contribution in [2.45, 2.75) is 0 Å². The molecule has 0 bridgehead atoms. The molecule has 8 heteroatoms. The average molecular weight is 231 g/mol. The van der Waals surface area contributed by atoms with E-state index < -0.39 is 15.2 Å². The predicted molar refractivity (Wildman–Crippen MR) is 47.5 cm³/mol. The Morgan fingerprint density at radius 1 is 0.769 bits per heavy atom. The van der Waals surface area contributed by atoms with E-state index in [0.29, 0.717) is 0 Å². The van der Waals surface area contributed by atoms with Crippen LogP contribution >= 0.6 is 15.2 Å². The lowest BCUT2D eigenvalue weighted by Gasteiger charge is -2.28. The van der Waals surface area contributed by atoms with Crippen LogP contribution in [0.1, 0.15) is 0 Å². The minimum absolute atomic E-state index is 0.819. The van der Waals surface area contributed by atoms with Gasteiger partial charge in [0.05, 0.1) is 0 Å². The molecule has 0 N–H and O–H groups in total. The highest BCUT2D eigenvalue weighted by atomic mass is 31.2. The van der Waals surface area contributed by atoms with Crippen LogP contribution in [0.4, 0.5) is 0 Å². The normalized spacial score (nSPS) is 13.2. The number of hydrogen-bond donors (Lipinski definition) is 0. The van der Waals surface area contributed by atoms with Crippen LogP contribution in [-0.2, 0) is 27.2 Å². The summed E-state index contributed by atoms with van der Waals surface area (Å²) in [7, 11) is -2.24. The second-order valence-corrected chi connectivity index (χ2v) is 6.47. The molecule has 0 unspecified atom stereocenters. The Morgan fingerprint density at radius 3 is 1.15 bits per heavy atom. The molecule has 0 heterocycles. The fraction of sp³-hybridized carbons (Fsp3) is 0.800. The Morgan fingerprint density at radius 2 is 1.00 bits per heavy atom. The fourth-order valence-corrected chi connectivity index (χ4v) is 3.70. The third kappa shape index (κ3) is 3.90. The summed E-state index contributed by atoms with van der Waals surface area (Å²) in [4.78, 5) is 0. The van der Waals surface area contributed by atoms with Crippen LogP contribution in [-0.4, -0.2) is 28.4 Å². The Kier molecular flexibility index (Phi) is 5.37. The maximum atomic E-state index is 11.5. The summed E-state index contributed by atoms with van der Waals surface area (Å²) < 4.78 is 41.0. The van der Waals surface area contributed by atoms with E-state index in [4.69, 9.17) is 0 Å². The highest BCUT2D eigenvalue weighted by Crippen LogP contribution is 2.66.